The maximum absolute atomic E-state index is 5.73. The fraction of sp³-hybridized carbons (Fsp3) is 0.600. The first-order chi connectivity index (χ1) is 6.24. The predicted molar refractivity (Wildman–Crippen MR) is 59.0 cm³/mol. The maximum Gasteiger partial charge on any atom is 0.338 e. The van der Waals surface area contributed by atoms with Crippen LogP contribution >= 0.6 is 0 Å². The smallest absolute Gasteiger partial charge is 0.338 e. The first-order valence-electron chi connectivity index (χ1n) is 4.74. The molecule has 0 rings (SSSR count). The van der Waals surface area contributed by atoms with Crippen molar-refractivity contribution in [2.45, 2.75) is 25.9 Å². The standard InChI is InChI=1S/C10H20O2Si/c1-5-9-11-13(7-3,8-4)12-10-6-2/h5-6H,1-2,7-10H2,3-4H3. The van der Waals surface area contributed by atoms with Crippen molar-refractivity contribution in [2.75, 3.05) is 13.2 Å². The van der Waals surface area contributed by atoms with Crippen LogP contribution in [0.1, 0.15) is 13.8 Å². The van der Waals surface area contributed by atoms with Gasteiger partial charge < -0.3 is 8.85 Å². The van der Waals surface area contributed by atoms with Gasteiger partial charge in [0.25, 0.3) is 0 Å². The minimum absolute atomic E-state index is 0.588. The molecule has 2 nitrogen and oxygen atoms in total. The topological polar surface area (TPSA) is 18.5 Å². The van der Waals surface area contributed by atoms with Crippen LogP contribution in [-0.2, 0) is 8.85 Å². The molecule has 0 saturated heterocycles. The molecule has 0 aromatic heterocycles. The van der Waals surface area contributed by atoms with Gasteiger partial charge >= 0.3 is 8.56 Å². The highest BCUT2D eigenvalue weighted by Crippen LogP contribution is 2.18. The average molecular weight is 200 g/mol. The van der Waals surface area contributed by atoms with Gasteiger partial charge in [-0.05, 0) is 12.1 Å². The van der Waals surface area contributed by atoms with Gasteiger partial charge in [0.05, 0.1) is 13.2 Å². The molecule has 0 aromatic carbocycles. The Morgan fingerprint density at radius 2 is 1.38 bits per heavy atom. The zero-order valence-corrected chi connectivity index (χ0v) is 9.71. The molecule has 0 aromatic rings. The normalized spacial score (nSPS) is 11.2. The van der Waals surface area contributed by atoms with Crippen LogP contribution in [0.2, 0.25) is 12.1 Å². The van der Waals surface area contributed by atoms with Crippen LogP contribution in [0.15, 0.2) is 25.3 Å². The first kappa shape index (κ1) is 12.6. The van der Waals surface area contributed by atoms with Crippen molar-refractivity contribution in [3.8, 4) is 0 Å². The fourth-order valence-corrected chi connectivity index (χ4v) is 3.36. The van der Waals surface area contributed by atoms with E-state index in [0.29, 0.717) is 13.2 Å². The third kappa shape index (κ3) is 4.41. The maximum atomic E-state index is 5.73. The molecule has 0 N–H and O–H groups in total. The molecule has 3 heteroatoms. The van der Waals surface area contributed by atoms with E-state index < -0.39 is 8.56 Å². The molecular weight excluding hydrogens is 180 g/mol. The molecule has 0 radical (unpaired) electrons. The molecule has 0 spiro atoms. The Hall–Kier alpha value is -0.383. The third-order valence-electron chi connectivity index (χ3n) is 2.01. The van der Waals surface area contributed by atoms with Crippen molar-refractivity contribution in [1.82, 2.24) is 0 Å². The lowest BCUT2D eigenvalue weighted by Gasteiger charge is -2.27. The van der Waals surface area contributed by atoms with E-state index in [1.807, 2.05) is 0 Å². The van der Waals surface area contributed by atoms with E-state index in [1.54, 1.807) is 12.2 Å². The summed E-state index contributed by atoms with van der Waals surface area (Å²) in [5, 5.41) is 0. The van der Waals surface area contributed by atoms with Gasteiger partial charge in [0.2, 0.25) is 0 Å². The van der Waals surface area contributed by atoms with Crippen LogP contribution in [0, 0.1) is 0 Å². The highest BCUT2D eigenvalue weighted by atomic mass is 28.4. The summed E-state index contributed by atoms with van der Waals surface area (Å²) in [5.74, 6) is 0. The molecule has 0 heterocycles. The number of rotatable bonds is 8. The number of hydrogen-bond acceptors (Lipinski definition) is 2. The van der Waals surface area contributed by atoms with E-state index in [0.717, 1.165) is 12.1 Å². The summed E-state index contributed by atoms with van der Waals surface area (Å²) in [7, 11) is -1.93. The van der Waals surface area contributed by atoms with Crippen LogP contribution in [0.25, 0.3) is 0 Å². The van der Waals surface area contributed by atoms with Gasteiger partial charge in [0.15, 0.2) is 0 Å². The van der Waals surface area contributed by atoms with E-state index in [9.17, 15) is 0 Å². The van der Waals surface area contributed by atoms with Crippen LogP contribution in [0.5, 0.6) is 0 Å². The Kier molecular flexibility index (Phi) is 6.85. The van der Waals surface area contributed by atoms with Crippen molar-refractivity contribution in [3.05, 3.63) is 25.3 Å². The van der Waals surface area contributed by atoms with Crippen molar-refractivity contribution >= 4 is 8.56 Å². The Balaban J connectivity index is 4.11. The zero-order valence-electron chi connectivity index (χ0n) is 8.71. The van der Waals surface area contributed by atoms with Crippen molar-refractivity contribution < 1.29 is 8.85 Å². The molecule has 0 aliphatic rings. The summed E-state index contributed by atoms with van der Waals surface area (Å²) in [6.45, 7) is 12.7. The molecule has 0 bridgehead atoms. The molecule has 0 fully saturated rings. The Morgan fingerprint density at radius 1 is 1.00 bits per heavy atom. The highest BCUT2D eigenvalue weighted by Gasteiger charge is 2.32. The quantitative estimate of drug-likeness (QED) is 0.443. The molecular formula is C10H20O2Si. The second-order valence-electron chi connectivity index (χ2n) is 2.82. The zero-order chi connectivity index (χ0) is 10.2. The van der Waals surface area contributed by atoms with Gasteiger partial charge in [-0.25, -0.2) is 0 Å². The molecule has 0 atom stereocenters. The Morgan fingerprint density at radius 3 is 1.62 bits per heavy atom. The van der Waals surface area contributed by atoms with Crippen LogP contribution in [-0.4, -0.2) is 21.8 Å². The SMILES string of the molecule is C=CCO[Si](CC)(CC)OCC=C. The van der Waals surface area contributed by atoms with Gasteiger partial charge in [-0.2, -0.15) is 0 Å². The van der Waals surface area contributed by atoms with E-state index >= 15 is 0 Å². The fourth-order valence-electron chi connectivity index (χ4n) is 1.12. The van der Waals surface area contributed by atoms with Crippen molar-refractivity contribution in [2.24, 2.45) is 0 Å². The lowest BCUT2D eigenvalue weighted by Crippen LogP contribution is -2.40. The van der Waals surface area contributed by atoms with Gasteiger partial charge in [-0.1, -0.05) is 26.0 Å². The molecule has 0 aliphatic carbocycles. The largest absolute Gasteiger partial charge is 0.390 e. The summed E-state index contributed by atoms with van der Waals surface area (Å²) in [6.07, 6.45) is 3.54. The minimum atomic E-state index is -1.93. The lowest BCUT2D eigenvalue weighted by atomic mass is 10.7. The Bertz CT molecular complexity index is 139. The van der Waals surface area contributed by atoms with E-state index in [1.165, 1.54) is 0 Å². The van der Waals surface area contributed by atoms with Gasteiger partial charge in [0.1, 0.15) is 0 Å². The summed E-state index contributed by atoms with van der Waals surface area (Å²) < 4.78 is 11.5. The van der Waals surface area contributed by atoms with Gasteiger partial charge in [0, 0.05) is 0 Å². The second-order valence-corrected chi connectivity index (χ2v) is 6.63. The second kappa shape index (κ2) is 7.06. The number of hydrogen-bond donors (Lipinski definition) is 0. The third-order valence-corrected chi connectivity index (χ3v) is 5.55. The van der Waals surface area contributed by atoms with E-state index in [4.69, 9.17) is 8.85 Å². The predicted octanol–water partition coefficient (Wildman–Crippen LogP) is 2.87. The summed E-state index contributed by atoms with van der Waals surface area (Å²) in [5.41, 5.74) is 0. The summed E-state index contributed by atoms with van der Waals surface area (Å²) in [4.78, 5) is 0. The van der Waals surface area contributed by atoms with Gasteiger partial charge in [-0.15, -0.1) is 13.2 Å². The van der Waals surface area contributed by atoms with E-state index in [-0.39, 0.29) is 0 Å². The first-order valence-corrected chi connectivity index (χ1v) is 6.97. The monoisotopic (exact) mass is 200 g/mol. The van der Waals surface area contributed by atoms with Crippen LogP contribution < -0.4 is 0 Å². The van der Waals surface area contributed by atoms with E-state index in [2.05, 4.69) is 27.0 Å². The molecule has 76 valence electrons. The van der Waals surface area contributed by atoms with Crippen LogP contribution in [0.3, 0.4) is 0 Å². The van der Waals surface area contributed by atoms with Crippen molar-refractivity contribution in [3.63, 3.8) is 0 Å². The van der Waals surface area contributed by atoms with Crippen molar-refractivity contribution in [1.29, 1.82) is 0 Å². The molecule has 0 saturated carbocycles. The van der Waals surface area contributed by atoms with Gasteiger partial charge in [-0.3, -0.25) is 0 Å². The average Bonchev–Trinajstić information content (AvgIpc) is 2.20. The summed E-state index contributed by atoms with van der Waals surface area (Å²) in [6, 6.07) is 1.95. The minimum Gasteiger partial charge on any atom is -0.390 e. The summed E-state index contributed by atoms with van der Waals surface area (Å²) >= 11 is 0. The lowest BCUT2D eigenvalue weighted by molar-refractivity contribution is 0.202. The van der Waals surface area contributed by atoms with Crippen LogP contribution in [0.4, 0.5) is 0 Å². The molecule has 13 heavy (non-hydrogen) atoms. The highest BCUT2D eigenvalue weighted by molar-refractivity contribution is 6.67. The molecule has 0 amide bonds. The molecule has 0 unspecified atom stereocenters. The Labute approximate surface area is 82.5 Å². The molecule has 0 aliphatic heterocycles.